The lowest BCUT2D eigenvalue weighted by Gasteiger charge is -2.22. The quantitative estimate of drug-likeness (QED) is 0.204. The van der Waals surface area contributed by atoms with Gasteiger partial charge in [-0.1, -0.05) is 110 Å². The fraction of sp³-hybridized carbons (Fsp3) is 0.143. The van der Waals surface area contributed by atoms with Crippen LogP contribution >= 0.6 is 15.9 Å². The normalized spacial score (nSPS) is 13.2. The average Bonchev–Trinajstić information content (AvgIpc) is 3.39. The van der Waals surface area contributed by atoms with Crippen LogP contribution in [0.3, 0.4) is 0 Å². The van der Waals surface area contributed by atoms with E-state index in [1.54, 1.807) is 0 Å². The van der Waals surface area contributed by atoms with Crippen LogP contribution in [-0.4, -0.2) is 4.57 Å². The number of nitrogens with zero attached hydrogens (tertiary/aromatic N) is 1. The van der Waals surface area contributed by atoms with E-state index in [4.69, 9.17) is 0 Å². The molecule has 0 fully saturated rings. The van der Waals surface area contributed by atoms with Crippen molar-refractivity contribution in [3.63, 3.8) is 0 Å². The first-order valence-corrected chi connectivity index (χ1v) is 13.9. The Morgan fingerprint density at radius 1 is 0.595 bits per heavy atom. The zero-order valence-electron chi connectivity index (χ0n) is 21.7. The van der Waals surface area contributed by atoms with Crippen molar-refractivity contribution in [2.75, 3.05) is 0 Å². The predicted molar refractivity (Wildman–Crippen MR) is 163 cm³/mol. The van der Waals surface area contributed by atoms with Crippen molar-refractivity contribution in [2.24, 2.45) is 0 Å². The van der Waals surface area contributed by atoms with Gasteiger partial charge in [-0.15, -0.1) is 0 Å². The zero-order chi connectivity index (χ0) is 25.7. The van der Waals surface area contributed by atoms with Crippen LogP contribution in [0.25, 0.3) is 49.7 Å². The Balaban J connectivity index is 0.00000123. The molecule has 1 aromatic heterocycles. The summed E-state index contributed by atoms with van der Waals surface area (Å²) in [5, 5.41) is 2.59. The van der Waals surface area contributed by atoms with Crippen LogP contribution in [0, 0.1) is 0 Å². The molecule has 182 valence electrons. The Bertz CT molecular complexity index is 1770. The molecule has 7 rings (SSSR count). The Hall–Kier alpha value is -3.62. The number of rotatable bonds is 2. The highest BCUT2D eigenvalue weighted by atomic mass is 79.9. The van der Waals surface area contributed by atoms with Crippen LogP contribution in [0.5, 0.6) is 0 Å². The molecule has 1 aliphatic carbocycles. The van der Waals surface area contributed by atoms with Crippen LogP contribution in [0.15, 0.2) is 114 Å². The van der Waals surface area contributed by atoms with Gasteiger partial charge >= 0.3 is 0 Å². The maximum Gasteiger partial charge on any atom is 0.0547 e. The van der Waals surface area contributed by atoms with Crippen molar-refractivity contribution >= 4 is 37.7 Å². The van der Waals surface area contributed by atoms with Crippen molar-refractivity contribution in [1.29, 1.82) is 0 Å². The van der Waals surface area contributed by atoms with Gasteiger partial charge < -0.3 is 4.57 Å². The van der Waals surface area contributed by atoms with Gasteiger partial charge in [-0.2, -0.15) is 0 Å². The van der Waals surface area contributed by atoms with Gasteiger partial charge in [-0.3, -0.25) is 0 Å². The fourth-order valence-corrected chi connectivity index (χ4v) is 6.35. The molecule has 0 bridgehead atoms. The van der Waals surface area contributed by atoms with E-state index in [2.05, 4.69) is 144 Å². The predicted octanol–water partition coefficient (Wildman–Crippen LogP) is 10.5. The van der Waals surface area contributed by atoms with Crippen LogP contribution in [0.4, 0.5) is 0 Å². The van der Waals surface area contributed by atoms with Gasteiger partial charge in [0.25, 0.3) is 0 Å². The van der Waals surface area contributed by atoms with Crippen LogP contribution < -0.4 is 0 Å². The molecule has 6 aromatic rings. The van der Waals surface area contributed by atoms with Gasteiger partial charge in [-0.05, 0) is 75.8 Å². The van der Waals surface area contributed by atoms with E-state index < -0.39 is 0 Å². The lowest BCUT2D eigenvalue weighted by Crippen LogP contribution is -2.15. The summed E-state index contributed by atoms with van der Waals surface area (Å²) >= 11 is 3.68. The molecular weight excluding hydrogens is 514 g/mol. The molecular formula is C35H30BrN. The Morgan fingerprint density at radius 3 is 2.03 bits per heavy atom. The SMILES string of the molecule is CC.CC1(C)c2cc(Br)ccc2-c2ccc(-c3cccc4c3c3ccccc3n4-c3ccccc3)cc21. The third kappa shape index (κ3) is 3.58. The van der Waals surface area contributed by atoms with E-state index in [0.717, 1.165) is 4.47 Å². The number of para-hydroxylation sites is 2. The molecule has 0 N–H and O–H groups in total. The van der Waals surface area contributed by atoms with E-state index in [9.17, 15) is 0 Å². The van der Waals surface area contributed by atoms with Crippen LogP contribution in [-0.2, 0) is 5.41 Å². The number of halogens is 1. The highest BCUT2D eigenvalue weighted by Crippen LogP contribution is 2.51. The Kier molecular flexibility index (Phi) is 5.81. The molecule has 0 saturated carbocycles. The second kappa shape index (κ2) is 9.04. The van der Waals surface area contributed by atoms with Gasteiger partial charge in [0.2, 0.25) is 0 Å². The summed E-state index contributed by atoms with van der Waals surface area (Å²) in [5.41, 5.74) is 11.6. The number of aromatic nitrogens is 1. The minimum Gasteiger partial charge on any atom is -0.309 e. The molecule has 0 spiro atoms. The molecule has 0 amide bonds. The number of benzene rings is 5. The van der Waals surface area contributed by atoms with Crippen LogP contribution in [0.2, 0.25) is 0 Å². The number of fused-ring (bicyclic) bond motifs is 6. The summed E-state index contributed by atoms with van der Waals surface area (Å²) in [6, 6.07) is 39.9. The first-order chi connectivity index (χ1) is 18.0. The lowest BCUT2D eigenvalue weighted by atomic mass is 9.81. The average molecular weight is 545 g/mol. The van der Waals surface area contributed by atoms with E-state index in [0.29, 0.717) is 0 Å². The zero-order valence-corrected chi connectivity index (χ0v) is 23.3. The molecule has 5 aromatic carbocycles. The van der Waals surface area contributed by atoms with Gasteiger partial charge in [0.15, 0.2) is 0 Å². The summed E-state index contributed by atoms with van der Waals surface area (Å²) in [7, 11) is 0. The molecule has 0 unspecified atom stereocenters. The van der Waals surface area contributed by atoms with Crippen molar-refractivity contribution < 1.29 is 0 Å². The van der Waals surface area contributed by atoms with Crippen molar-refractivity contribution in [2.45, 2.75) is 33.1 Å². The molecule has 0 aliphatic heterocycles. The van der Waals surface area contributed by atoms with Gasteiger partial charge in [0, 0.05) is 26.3 Å². The minimum absolute atomic E-state index is 0.0452. The number of hydrogen-bond acceptors (Lipinski definition) is 0. The minimum atomic E-state index is -0.0452. The fourth-order valence-electron chi connectivity index (χ4n) is 5.99. The molecule has 0 radical (unpaired) electrons. The second-order valence-corrected chi connectivity index (χ2v) is 10.9. The monoisotopic (exact) mass is 543 g/mol. The van der Waals surface area contributed by atoms with Crippen molar-refractivity contribution in [1.82, 2.24) is 4.57 Å². The lowest BCUT2D eigenvalue weighted by molar-refractivity contribution is 0.660. The highest BCUT2D eigenvalue weighted by molar-refractivity contribution is 9.10. The molecule has 1 nitrogen and oxygen atoms in total. The molecule has 1 aliphatic rings. The Morgan fingerprint density at radius 2 is 1.24 bits per heavy atom. The van der Waals surface area contributed by atoms with Crippen LogP contribution in [0.1, 0.15) is 38.8 Å². The first-order valence-electron chi connectivity index (χ1n) is 13.1. The largest absolute Gasteiger partial charge is 0.309 e. The molecule has 0 atom stereocenters. The maximum atomic E-state index is 3.68. The van der Waals surface area contributed by atoms with E-state index in [1.807, 2.05) is 13.8 Å². The Labute approximate surface area is 227 Å². The summed E-state index contributed by atoms with van der Waals surface area (Å²) < 4.78 is 3.52. The van der Waals surface area contributed by atoms with E-state index >= 15 is 0 Å². The molecule has 2 heteroatoms. The van der Waals surface area contributed by atoms with Crippen molar-refractivity contribution in [3.8, 4) is 27.9 Å². The molecule has 0 saturated heterocycles. The van der Waals surface area contributed by atoms with E-state index in [1.165, 1.54) is 60.9 Å². The topological polar surface area (TPSA) is 4.93 Å². The summed E-state index contributed by atoms with van der Waals surface area (Å²) in [6.45, 7) is 8.69. The van der Waals surface area contributed by atoms with Gasteiger partial charge in [0.05, 0.1) is 11.0 Å². The smallest absolute Gasteiger partial charge is 0.0547 e. The maximum absolute atomic E-state index is 3.68. The van der Waals surface area contributed by atoms with Gasteiger partial charge in [0.1, 0.15) is 0 Å². The summed E-state index contributed by atoms with van der Waals surface area (Å²) in [4.78, 5) is 0. The second-order valence-electron chi connectivity index (χ2n) is 9.96. The summed E-state index contributed by atoms with van der Waals surface area (Å²) in [5.74, 6) is 0. The third-order valence-electron chi connectivity index (χ3n) is 7.66. The highest BCUT2D eigenvalue weighted by Gasteiger charge is 2.35. The van der Waals surface area contributed by atoms with E-state index in [-0.39, 0.29) is 5.41 Å². The van der Waals surface area contributed by atoms with Gasteiger partial charge in [-0.25, -0.2) is 0 Å². The van der Waals surface area contributed by atoms with Crippen molar-refractivity contribution in [3.05, 3.63) is 125 Å². The third-order valence-corrected chi connectivity index (χ3v) is 8.15. The molecule has 37 heavy (non-hydrogen) atoms. The number of hydrogen-bond donors (Lipinski definition) is 0. The summed E-state index contributed by atoms with van der Waals surface area (Å²) in [6.07, 6.45) is 0. The molecule has 1 heterocycles. The standard InChI is InChI=1S/C33H24BrN.C2H6/c1-33(2)28-19-21(15-17-25(28)26-18-16-22(34)20-29(26)33)24-12-8-14-31-32(24)27-11-6-7-13-30(27)35(31)23-9-4-3-5-10-23;1-2/h3-20H,1-2H3;1-2H3. The first kappa shape index (κ1) is 23.8.